The maximum atomic E-state index is 5.84. The fraction of sp³-hybridized carbons (Fsp3) is 0.261. The van der Waals surface area contributed by atoms with Crippen LogP contribution in [0.4, 0.5) is 5.82 Å². The van der Waals surface area contributed by atoms with Crippen LogP contribution in [0.2, 0.25) is 0 Å². The molecule has 1 aliphatic carbocycles. The van der Waals surface area contributed by atoms with Crippen molar-refractivity contribution in [2.75, 3.05) is 5.32 Å². The van der Waals surface area contributed by atoms with Crippen LogP contribution in [-0.4, -0.2) is 15.0 Å². The molecule has 0 aliphatic heterocycles. The number of nitrogens with one attached hydrogen (secondary N) is 1. The third-order valence-corrected chi connectivity index (χ3v) is 6.37. The SMILES string of the molecule is Cc1nc(NCc2ccc(OCc3cccnc3)cc2)c2c3c(sc2n1)CCC3. The smallest absolute Gasteiger partial charge is 0.139 e. The number of aromatic nitrogens is 3. The molecule has 1 aromatic carbocycles. The molecule has 3 aromatic heterocycles. The first-order valence-corrected chi connectivity index (χ1v) is 10.7. The van der Waals surface area contributed by atoms with E-state index in [0.29, 0.717) is 6.61 Å². The molecule has 0 spiro atoms. The van der Waals surface area contributed by atoms with Crippen molar-refractivity contribution < 1.29 is 4.74 Å². The topological polar surface area (TPSA) is 59.9 Å². The van der Waals surface area contributed by atoms with Crippen LogP contribution in [0.3, 0.4) is 0 Å². The van der Waals surface area contributed by atoms with Gasteiger partial charge in [0.15, 0.2) is 0 Å². The maximum absolute atomic E-state index is 5.84. The van der Waals surface area contributed by atoms with Gasteiger partial charge in [-0.25, -0.2) is 9.97 Å². The number of pyridine rings is 1. The Morgan fingerprint density at radius 3 is 2.79 bits per heavy atom. The lowest BCUT2D eigenvalue weighted by Crippen LogP contribution is -2.04. The highest BCUT2D eigenvalue weighted by molar-refractivity contribution is 7.19. The third-order valence-electron chi connectivity index (χ3n) is 5.19. The quantitative estimate of drug-likeness (QED) is 0.488. The number of aryl methyl sites for hydroxylation is 3. The molecule has 0 amide bonds. The number of fused-ring (bicyclic) bond motifs is 3. The van der Waals surface area contributed by atoms with Crippen LogP contribution >= 0.6 is 11.3 Å². The van der Waals surface area contributed by atoms with Crippen LogP contribution in [0.5, 0.6) is 5.75 Å². The molecule has 0 atom stereocenters. The highest BCUT2D eigenvalue weighted by Gasteiger charge is 2.21. The number of hydrogen-bond donors (Lipinski definition) is 1. The van der Waals surface area contributed by atoms with Gasteiger partial charge in [0, 0.05) is 29.4 Å². The third kappa shape index (κ3) is 3.80. The summed E-state index contributed by atoms with van der Waals surface area (Å²) in [6, 6.07) is 12.1. The van der Waals surface area contributed by atoms with Crippen molar-refractivity contribution in [3.63, 3.8) is 0 Å². The summed E-state index contributed by atoms with van der Waals surface area (Å²) in [5, 5.41) is 4.77. The van der Waals surface area contributed by atoms with Gasteiger partial charge in [0.05, 0.1) is 5.39 Å². The van der Waals surface area contributed by atoms with Gasteiger partial charge in [-0.05, 0) is 55.5 Å². The second-order valence-electron chi connectivity index (χ2n) is 7.30. The molecular formula is C23H22N4OS. The second-order valence-corrected chi connectivity index (χ2v) is 8.39. The standard InChI is InChI=1S/C23H22N4OS/c1-15-26-22(21-19-5-2-6-20(19)29-23(21)27-15)25-13-16-7-9-18(10-8-16)28-14-17-4-3-11-24-12-17/h3-4,7-12H,2,5-6,13-14H2,1H3,(H,25,26,27). The predicted octanol–water partition coefficient (Wildman–Crippen LogP) is 5.07. The van der Waals surface area contributed by atoms with Gasteiger partial charge in [-0.15, -0.1) is 11.3 Å². The van der Waals surface area contributed by atoms with E-state index in [1.807, 2.05) is 48.7 Å². The molecule has 29 heavy (non-hydrogen) atoms. The summed E-state index contributed by atoms with van der Waals surface area (Å²) in [6.07, 6.45) is 7.15. The van der Waals surface area contributed by atoms with Gasteiger partial charge in [-0.3, -0.25) is 4.98 Å². The number of nitrogens with zero attached hydrogens (tertiary/aromatic N) is 3. The Bertz CT molecular complexity index is 1140. The lowest BCUT2D eigenvalue weighted by atomic mass is 10.1. The molecule has 3 heterocycles. The van der Waals surface area contributed by atoms with Crippen molar-refractivity contribution in [3.8, 4) is 5.75 Å². The number of benzene rings is 1. The summed E-state index contributed by atoms with van der Waals surface area (Å²) in [4.78, 5) is 16.1. The highest BCUT2D eigenvalue weighted by atomic mass is 32.1. The van der Waals surface area contributed by atoms with Gasteiger partial charge in [-0.1, -0.05) is 18.2 Å². The summed E-state index contributed by atoms with van der Waals surface area (Å²) in [6.45, 7) is 3.20. The van der Waals surface area contributed by atoms with Crippen LogP contribution in [0.25, 0.3) is 10.2 Å². The summed E-state index contributed by atoms with van der Waals surface area (Å²) in [7, 11) is 0. The van der Waals surface area contributed by atoms with Crippen LogP contribution in [0.1, 0.15) is 33.8 Å². The van der Waals surface area contributed by atoms with Crippen LogP contribution in [-0.2, 0) is 26.0 Å². The normalized spacial score (nSPS) is 12.9. The average Bonchev–Trinajstić information content (AvgIpc) is 3.33. The fourth-order valence-corrected chi connectivity index (χ4v) is 5.08. The molecule has 5 rings (SSSR count). The molecule has 146 valence electrons. The summed E-state index contributed by atoms with van der Waals surface area (Å²) < 4.78 is 5.84. The molecular weight excluding hydrogens is 380 g/mol. The van der Waals surface area contributed by atoms with Gasteiger partial charge in [0.25, 0.3) is 0 Å². The zero-order chi connectivity index (χ0) is 19.6. The molecule has 6 heteroatoms. The monoisotopic (exact) mass is 402 g/mol. The van der Waals surface area contributed by atoms with Crippen molar-refractivity contribution >= 4 is 27.4 Å². The molecule has 1 N–H and O–H groups in total. The molecule has 0 radical (unpaired) electrons. The zero-order valence-electron chi connectivity index (χ0n) is 16.3. The van der Waals surface area contributed by atoms with E-state index in [9.17, 15) is 0 Å². The number of hydrogen-bond acceptors (Lipinski definition) is 6. The summed E-state index contributed by atoms with van der Waals surface area (Å²) in [5.74, 6) is 2.64. The minimum absolute atomic E-state index is 0.521. The first-order valence-electron chi connectivity index (χ1n) is 9.90. The van der Waals surface area contributed by atoms with E-state index in [1.165, 1.54) is 34.2 Å². The maximum Gasteiger partial charge on any atom is 0.139 e. The largest absolute Gasteiger partial charge is 0.489 e. The minimum Gasteiger partial charge on any atom is -0.489 e. The summed E-state index contributed by atoms with van der Waals surface area (Å²) in [5.41, 5.74) is 3.70. The molecule has 1 aliphatic rings. The van der Waals surface area contributed by atoms with Gasteiger partial charge in [-0.2, -0.15) is 0 Å². The van der Waals surface area contributed by atoms with E-state index < -0.39 is 0 Å². The average molecular weight is 403 g/mol. The fourth-order valence-electron chi connectivity index (χ4n) is 3.77. The van der Waals surface area contributed by atoms with Gasteiger partial charge < -0.3 is 10.1 Å². The van der Waals surface area contributed by atoms with Crippen molar-refractivity contribution in [2.24, 2.45) is 0 Å². The Morgan fingerprint density at radius 2 is 1.97 bits per heavy atom. The van der Waals surface area contributed by atoms with Crippen LogP contribution in [0.15, 0.2) is 48.8 Å². The Labute approximate surface area is 173 Å². The number of ether oxygens (including phenoxy) is 1. The lowest BCUT2D eigenvalue weighted by molar-refractivity contribution is 0.305. The van der Waals surface area contributed by atoms with Gasteiger partial charge in [0.1, 0.15) is 28.8 Å². The molecule has 0 saturated carbocycles. The number of rotatable bonds is 6. The molecule has 4 aromatic rings. The van der Waals surface area contributed by atoms with E-state index in [0.717, 1.165) is 40.8 Å². The Hall–Kier alpha value is -2.99. The summed E-state index contributed by atoms with van der Waals surface area (Å²) >= 11 is 1.83. The Balaban J connectivity index is 1.28. The van der Waals surface area contributed by atoms with E-state index in [-0.39, 0.29) is 0 Å². The highest BCUT2D eigenvalue weighted by Crippen LogP contribution is 2.39. The molecule has 0 bridgehead atoms. The molecule has 0 fully saturated rings. The first-order chi connectivity index (χ1) is 14.3. The Kier molecular flexibility index (Phi) is 4.86. The first kappa shape index (κ1) is 18.1. The number of thiophene rings is 1. The van der Waals surface area contributed by atoms with E-state index in [4.69, 9.17) is 9.72 Å². The van der Waals surface area contributed by atoms with E-state index >= 15 is 0 Å². The molecule has 5 nitrogen and oxygen atoms in total. The van der Waals surface area contributed by atoms with Crippen LogP contribution in [0, 0.1) is 6.92 Å². The Morgan fingerprint density at radius 1 is 1.07 bits per heavy atom. The lowest BCUT2D eigenvalue weighted by Gasteiger charge is -2.10. The van der Waals surface area contributed by atoms with Crippen molar-refractivity contribution in [3.05, 3.63) is 76.2 Å². The van der Waals surface area contributed by atoms with E-state index in [1.54, 1.807) is 6.20 Å². The van der Waals surface area contributed by atoms with Crippen molar-refractivity contribution in [2.45, 2.75) is 39.3 Å². The zero-order valence-corrected chi connectivity index (χ0v) is 17.1. The predicted molar refractivity (Wildman–Crippen MR) is 117 cm³/mol. The van der Waals surface area contributed by atoms with Gasteiger partial charge >= 0.3 is 0 Å². The number of anilines is 1. The van der Waals surface area contributed by atoms with E-state index in [2.05, 4.69) is 27.4 Å². The minimum atomic E-state index is 0.521. The molecule has 0 unspecified atom stereocenters. The van der Waals surface area contributed by atoms with Crippen LogP contribution < -0.4 is 10.1 Å². The van der Waals surface area contributed by atoms with Crippen molar-refractivity contribution in [1.29, 1.82) is 0 Å². The second kappa shape index (κ2) is 7.79. The molecule has 0 saturated heterocycles. The van der Waals surface area contributed by atoms with Gasteiger partial charge in [0.2, 0.25) is 0 Å². The van der Waals surface area contributed by atoms with Crippen molar-refractivity contribution in [1.82, 2.24) is 15.0 Å².